The van der Waals surface area contributed by atoms with Crippen LogP contribution in [0.15, 0.2) is 23.5 Å². The van der Waals surface area contributed by atoms with Crippen molar-refractivity contribution in [1.82, 2.24) is 4.98 Å². The molecule has 0 saturated heterocycles. The fraction of sp³-hybridized carbons (Fsp3) is 0.625. The average molecular weight is 289 g/mol. The number of hydrogen-bond donors (Lipinski definition) is 2. The topological polar surface area (TPSA) is 80.7 Å². The Labute approximate surface area is 125 Å². The van der Waals surface area contributed by atoms with Crippen molar-refractivity contribution in [1.29, 1.82) is 0 Å². The zero-order valence-corrected chi connectivity index (χ0v) is 12.8. The summed E-state index contributed by atoms with van der Waals surface area (Å²) < 4.78 is 6.16. The first-order valence-corrected chi connectivity index (χ1v) is 7.49. The Morgan fingerprint density at radius 3 is 2.67 bits per heavy atom. The van der Waals surface area contributed by atoms with E-state index < -0.39 is 0 Å². The highest BCUT2D eigenvalue weighted by atomic mass is 16.5. The minimum Gasteiger partial charge on any atom is -0.474 e. The number of nitrogens with two attached hydrogens (primary N) is 1. The van der Waals surface area contributed by atoms with Gasteiger partial charge < -0.3 is 15.7 Å². The molecule has 0 aromatic carbocycles. The average Bonchev–Trinajstić information content (AvgIpc) is 2.80. The van der Waals surface area contributed by atoms with Crippen LogP contribution in [0.1, 0.15) is 45.6 Å². The van der Waals surface area contributed by atoms with Gasteiger partial charge in [-0.1, -0.05) is 25.9 Å². The third-order valence-corrected chi connectivity index (χ3v) is 6.12. The number of fused-ring (bicyclic) bond motifs is 2. The molecule has 5 heteroatoms. The Balaban J connectivity index is 1.77. The molecular weight excluding hydrogens is 266 g/mol. The molecule has 0 radical (unpaired) electrons. The fourth-order valence-corrected chi connectivity index (χ4v) is 4.11. The van der Waals surface area contributed by atoms with Gasteiger partial charge in [0.25, 0.3) is 0 Å². The van der Waals surface area contributed by atoms with Crippen LogP contribution in [0.25, 0.3) is 0 Å². The number of rotatable bonds is 3. The molecule has 3 atom stereocenters. The van der Waals surface area contributed by atoms with Gasteiger partial charge in [-0.3, -0.25) is 0 Å². The third-order valence-electron chi connectivity index (χ3n) is 6.12. The minimum atomic E-state index is 0.0575. The van der Waals surface area contributed by atoms with E-state index in [1.54, 1.807) is 18.3 Å². The molecule has 0 aliphatic heterocycles. The van der Waals surface area contributed by atoms with E-state index in [0.717, 1.165) is 12.3 Å². The van der Waals surface area contributed by atoms with Crippen molar-refractivity contribution < 1.29 is 9.94 Å². The van der Waals surface area contributed by atoms with Crippen molar-refractivity contribution in [3.63, 3.8) is 0 Å². The van der Waals surface area contributed by atoms with E-state index in [2.05, 4.69) is 30.9 Å². The van der Waals surface area contributed by atoms with Crippen molar-refractivity contribution in [3.05, 3.63) is 23.9 Å². The Hall–Kier alpha value is -1.78. The Bertz CT molecular complexity index is 567. The molecule has 2 bridgehead atoms. The van der Waals surface area contributed by atoms with Crippen LogP contribution in [0.4, 0.5) is 0 Å². The quantitative estimate of drug-likeness (QED) is 0.388. The zero-order valence-electron chi connectivity index (χ0n) is 12.8. The van der Waals surface area contributed by atoms with Crippen LogP contribution in [-0.2, 0) is 0 Å². The number of amidine groups is 1. The van der Waals surface area contributed by atoms with Gasteiger partial charge in [0.1, 0.15) is 6.10 Å². The number of oxime groups is 1. The first kappa shape index (κ1) is 14.2. The third kappa shape index (κ3) is 1.98. The molecule has 2 aliphatic rings. The smallest absolute Gasteiger partial charge is 0.213 e. The van der Waals surface area contributed by atoms with Gasteiger partial charge in [-0.2, -0.15) is 0 Å². The Morgan fingerprint density at radius 1 is 1.43 bits per heavy atom. The van der Waals surface area contributed by atoms with Crippen LogP contribution >= 0.6 is 0 Å². The molecule has 3 N–H and O–H groups in total. The van der Waals surface area contributed by atoms with Crippen molar-refractivity contribution >= 4 is 5.84 Å². The highest BCUT2D eigenvalue weighted by Gasteiger charge is 2.62. The van der Waals surface area contributed by atoms with Gasteiger partial charge in [0, 0.05) is 23.2 Å². The lowest BCUT2D eigenvalue weighted by atomic mass is 9.70. The summed E-state index contributed by atoms with van der Waals surface area (Å²) in [5, 5.41) is 11.6. The van der Waals surface area contributed by atoms with Crippen LogP contribution in [0.3, 0.4) is 0 Å². The maximum absolute atomic E-state index is 8.65. The highest BCUT2D eigenvalue weighted by Crippen LogP contribution is 2.66. The number of pyridine rings is 1. The van der Waals surface area contributed by atoms with Crippen molar-refractivity contribution in [2.45, 2.75) is 46.1 Å². The van der Waals surface area contributed by atoms with Gasteiger partial charge in [0.2, 0.25) is 5.88 Å². The molecule has 2 aliphatic carbocycles. The molecule has 2 fully saturated rings. The van der Waals surface area contributed by atoms with E-state index in [-0.39, 0.29) is 17.4 Å². The van der Waals surface area contributed by atoms with Crippen LogP contribution in [0, 0.1) is 16.7 Å². The molecule has 3 rings (SSSR count). The monoisotopic (exact) mass is 289 g/mol. The van der Waals surface area contributed by atoms with E-state index in [1.165, 1.54) is 12.8 Å². The summed E-state index contributed by atoms with van der Waals surface area (Å²) >= 11 is 0. The predicted octanol–water partition coefficient (Wildman–Crippen LogP) is 2.77. The lowest BCUT2D eigenvalue weighted by molar-refractivity contribution is 0.0273. The van der Waals surface area contributed by atoms with E-state index in [9.17, 15) is 0 Å². The summed E-state index contributed by atoms with van der Waals surface area (Å²) in [4.78, 5) is 4.28. The highest BCUT2D eigenvalue weighted by molar-refractivity contribution is 5.96. The van der Waals surface area contributed by atoms with Gasteiger partial charge in [-0.05, 0) is 36.7 Å². The molecule has 2 saturated carbocycles. The van der Waals surface area contributed by atoms with Crippen LogP contribution in [0.2, 0.25) is 0 Å². The summed E-state index contributed by atoms with van der Waals surface area (Å²) in [6, 6.07) is 3.55. The Morgan fingerprint density at radius 2 is 2.19 bits per heavy atom. The molecule has 5 nitrogen and oxygen atoms in total. The molecule has 0 amide bonds. The second kappa shape index (κ2) is 4.61. The minimum absolute atomic E-state index is 0.0575. The molecule has 1 heterocycles. The van der Waals surface area contributed by atoms with E-state index in [0.29, 0.717) is 16.9 Å². The molecule has 114 valence electrons. The molecule has 0 spiro atoms. The molecular formula is C16H23N3O2. The SMILES string of the molecule is CC1(C)C2CCC1(C)C(Oc1ccc(/C(N)=N/O)cn1)C2. The largest absolute Gasteiger partial charge is 0.474 e. The van der Waals surface area contributed by atoms with Gasteiger partial charge in [0.15, 0.2) is 5.84 Å². The number of hydrogen-bond acceptors (Lipinski definition) is 4. The maximum Gasteiger partial charge on any atom is 0.213 e. The summed E-state index contributed by atoms with van der Waals surface area (Å²) in [6.07, 6.45) is 5.42. The molecule has 21 heavy (non-hydrogen) atoms. The van der Waals surface area contributed by atoms with E-state index >= 15 is 0 Å². The molecule has 3 unspecified atom stereocenters. The first-order valence-electron chi connectivity index (χ1n) is 7.49. The summed E-state index contributed by atoms with van der Waals surface area (Å²) in [5.74, 6) is 1.41. The second-order valence-electron chi connectivity index (χ2n) is 7.09. The van der Waals surface area contributed by atoms with Crippen molar-refractivity contribution in [2.75, 3.05) is 0 Å². The van der Waals surface area contributed by atoms with Crippen LogP contribution in [0.5, 0.6) is 5.88 Å². The van der Waals surface area contributed by atoms with Crippen molar-refractivity contribution in [3.8, 4) is 5.88 Å². The van der Waals surface area contributed by atoms with E-state index in [1.807, 2.05) is 0 Å². The summed E-state index contributed by atoms with van der Waals surface area (Å²) in [5.41, 5.74) is 6.66. The van der Waals surface area contributed by atoms with Crippen LogP contribution in [-0.4, -0.2) is 22.1 Å². The lowest BCUT2D eigenvalue weighted by Gasteiger charge is -2.38. The molecule has 1 aromatic heterocycles. The number of nitrogens with zero attached hydrogens (tertiary/aromatic N) is 2. The van der Waals surface area contributed by atoms with Gasteiger partial charge >= 0.3 is 0 Å². The Kier molecular flexibility index (Phi) is 3.11. The normalized spacial score (nSPS) is 34.1. The van der Waals surface area contributed by atoms with Gasteiger partial charge in [-0.15, -0.1) is 0 Å². The fourth-order valence-electron chi connectivity index (χ4n) is 4.11. The van der Waals surface area contributed by atoms with E-state index in [4.69, 9.17) is 15.7 Å². The standard InChI is InChI=1S/C16H23N3O2/c1-15(2)11-6-7-16(15,3)12(8-11)21-13-5-4-10(9-18-13)14(17)19-20/h4-5,9,11-12,20H,6-8H2,1-3H3,(H2,17,19). The van der Waals surface area contributed by atoms with Gasteiger partial charge in [-0.25, -0.2) is 4.98 Å². The number of ether oxygens (including phenoxy) is 1. The number of aromatic nitrogens is 1. The summed E-state index contributed by atoms with van der Waals surface area (Å²) in [6.45, 7) is 7.07. The summed E-state index contributed by atoms with van der Waals surface area (Å²) in [7, 11) is 0. The lowest BCUT2D eigenvalue weighted by Crippen LogP contribution is -2.39. The predicted molar refractivity (Wildman–Crippen MR) is 80.4 cm³/mol. The van der Waals surface area contributed by atoms with Crippen LogP contribution < -0.4 is 10.5 Å². The van der Waals surface area contributed by atoms with Crippen molar-refractivity contribution in [2.24, 2.45) is 27.6 Å². The van der Waals surface area contributed by atoms with Gasteiger partial charge in [0.05, 0.1) is 0 Å². The first-order chi connectivity index (χ1) is 9.88. The maximum atomic E-state index is 8.65. The molecule has 1 aromatic rings. The second-order valence-corrected chi connectivity index (χ2v) is 7.09. The zero-order chi connectivity index (χ0) is 15.3.